The van der Waals surface area contributed by atoms with Gasteiger partial charge in [0.2, 0.25) is 5.78 Å². The summed E-state index contributed by atoms with van der Waals surface area (Å²) in [6.07, 6.45) is 0.193. The highest BCUT2D eigenvalue weighted by molar-refractivity contribution is 6.30. The first-order chi connectivity index (χ1) is 9.56. The summed E-state index contributed by atoms with van der Waals surface area (Å²) in [5.74, 6) is 0.254. The number of ketones is 1. The van der Waals surface area contributed by atoms with Crippen molar-refractivity contribution in [2.45, 2.75) is 13.3 Å². The standard InChI is InChI=1S/C15H13ClN2O2/c1-9-11(15(16)18(2)17-9)8-12(19)14-7-10-5-3-4-6-13(10)20-14/h3-7H,8H2,1-2H3. The predicted molar refractivity (Wildman–Crippen MR) is 77.2 cm³/mol. The van der Waals surface area contributed by atoms with Crippen molar-refractivity contribution in [3.8, 4) is 0 Å². The molecule has 0 spiro atoms. The van der Waals surface area contributed by atoms with E-state index in [1.807, 2.05) is 31.2 Å². The first kappa shape index (κ1) is 12.9. The lowest BCUT2D eigenvalue weighted by atomic mass is 10.1. The Balaban J connectivity index is 1.93. The van der Waals surface area contributed by atoms with Crippen LogP contribution in [0, 0.1) is 6.92 Å². The zero-order valence-corrected chi connectivity index (χ0v) is 11.9. The fraction of sp³-hybridized carbons (Fsp3) is 0.200. The van der Waals surface area contributed by atoms with E-state index >= 15 is 0 Å². The molecule has 5 heteroatoms. The molecule has 0 aliphatic heterocycles. The maximum absolute atomic E-state index is 12.3. The average molecular weight is 289 g/mol. The Kier molecular flexibility index (Phi) is 3.10. The topological polar surface area (TPSA) is 48.0 Å². The quantitative estimate of drug-likeness (QED) is 0.692. The van der Waals surface area contributed by atoms with Gasteiger partial charge in [0.25, 0.3) is 0 Å². The summed E-state index contributed by atoms with van der Waals surface area (Å²) in [6, 6.07) is 9.31. The van der Waals surface area contributed by atoms with E-state index in [1.54, 1.807) is 17.8 Å². The molecule has 20 heavy (non-hydrogen) atoms. The van der Waals surface area contributed by atoms with Crippen molar-refractivity contribution >= 4 is 28.4 Å². The fourth-order valence-electron chi connectivity index (χ4n) is 2.24. The number of hydrogen-bond acceptors (Lipinski definition) is 3. The minimum Gasteiger partial charge on any atom is -0.453 e. The molecule has 0 bridgehead atoms. The maximum atomic E-state index is 12.3. The van der Waals surface area contributed by atoms with Crippen molar-refractivity contribution < 1.29 is 9.21 Å². The van der Waals surface area contributed by atoms with E-state index < -0.39 is 0 Å². The second kappa shape index (κ2) is 4.80. The van der Waals surface area contributed by atoms with Crippen molar-refractivity contribution in [1.82, 2.24) is 9.78 Å². The third kappa shape index (κ3) is 2.12. The Morgan fingerprint density at radius 2 is 2.15 bits per heavy atom. The van der Waals surface area contributed by atoms with Crippen LogP contribution in [0.5, 0.6) is 0 Å². The molecule has 0 atom stereocenters. The summed E-state index contributed by atoms with van der Waals surface area (Å²) in [4.78, 5) is 12.3. The molecule has 3 aromatic rings. The molecule has 0 aliphatic rings. The summed E-state index contributed by atoms with van der Waals surface area (Å²) in [5.41, 5.74) is 2.23. The van der Waals surface area contributed by atoms with Crippen LogP contribution in [0.2, 0.25) is 5.15 Å². The average Bonchev–Trinajstić information content (AvgIpc) is 2.95. The van der Waals surface area contributed by atoms with Gasteiger partial charge in [-0.2, -0.15) is 5.10 Å². The lowest BCUT2D eigenvalue weighted by molar-refractivity contribution is 0.0968. The molecule has 0 fully saturated rings. The van der Waals surface area contributed by atoms with Gasteiger partial charge in [0.15, 0.2) is 5.76 Å². The van der Waals surface area contributed by atoms with Crippen LogP contribution >= 0.6 is 11.6 Å². The normalized spacial score (nSPS) is 11.2. The number of nitrogens with zero attached hydrogens (tertiary/aromatic N) is 2. The zero-order valence-electron chi connectivity index (χ0n) is 11.2. The SMILES string of the molecule is Cc1nn(C)c(Cl)c1CC(=O)c1cc2ccccc2o1. The molecule has 0 unspecified atom stereocenters. The van der Waals surface area contributed by atoms with Crippen LogP contribution in [-0.4, -0.2) is 15.6 Å². The second-order valence-corrected chi connectivity index (χ2v) is 5.08. The summed E-state index contributed by atoms with van der Waals surface area (Å²) in [6.45, 7) is 1.84. The number of furan rings is 1. The van der Waals surface area contributed by atoms with Crippen molar-refractivity contribution in [2.75, 3.05) is 0 Å². The molecule has 0 radical (unpaired) electrons. The molecule has 4 nitrogen and oxygen atoms in total. The number of benzene rings is 1. The van der Waals surface area contributed by atoms with E-state index in [2.05, 4.69) is 5.10 Å². The number of rotatable bonds is 3. The molecule has 0 saturated carbocycles. The zero-order chi connectivity index (χ0) is 14.3. The van der Waals surface area contributed by atoms with Gasteiger partial charge in [0, 0.05) is 24.4 Å². The second-order valence-electron chi connectivity index (χ2n) is 4.73. The number of Topliss-reactive ketones (excluding diaryl/α,β-unsaturated/α-hetero) is 1. The summed E-state index contributed by atoms with van der Waals surface area (Å²) in [7, 11) is 1.75. The lowest BCUT2D eigenvalue weighted by Crippen LogP contribution is -2.03. The van der Waals surface area contributed by atoms with Crippen LogP contribution in [0.15, 0.2) is 34.7 Å². The van der Waals surface area contributed by atoms with Gasteiger partial charge in [-0.3, -0.25) is 9.48 Å². The number of para-hydroxylation sites is 1. The molecule has 0 N–H and O–H groups in total. The number of aryl methyl sites for hydroxylation is 2. The van der Waals surface area contributed by atoms with Gasteiger partial charge in [0.05, 0.1) is 5.69 Å². The van der Waals surface area contributed by atoms with E-state index in [0.29, 0.717) is 16.5 Å². The number of hydrogen-bond donors (Lipinski definition) is 0. The smallest absolute Gasteiger partial charge is 0.202 e. The van der Waals surface area contributed by atoms with Crippen molar-refractivity contribution in [2.24, 2.45) is 7.05 Å². The Morgan fingerprint density at radius 1 is 1.40 bits per heavy atom. The van der Waals surface area contributed by atoms with Gasteiger partial charge in [-0.05, 0) is 19.1 Å². The van der Waals surface area contributed by atoms with Crippen molar-refractivity contribution in [1.29, 1.82) is 0 Å². The molecular formula is C15H13ClN2O2. The van der Waals surface area contributed by atoms with Gasteiger partial charge in [-0.1, -0.05) is 29.8 Å². The van der Waals surface area contributed by atoms with Crippen molar-refractivity contribution in [3.05, 3.63) is 52.5 Å². The van der Waals surface area contributed by atoms with E-state index in [-0.39, 0.29) is 12.2 Å². The van der Waals surface area contributed by atoms with Crippen LogP contribution in [0.4, 0.5) is 0 Å². The van der Waals surface area contributed by atoms with Crippen LogP contribution in [0.1, 0.15) is 21.8 Å². The predicted octanol–water partition coefficient (Wildman–Crippen LogP) is 3.55. The first-order valence-corrected chi connectivity index (χ1v) is 6.64. The molecule has 102 valence electrons. The number of aromatic nitrogens is 2. The van der Waals surface area contributed by atoms with E-state index in [1.165, 1.54) is 0 Å². The Labute approximate surface area is 120 Å². The number of halogens is 1. The molecule has 2 aromatic heterocycles. The minimum atomic E-state index is -0.0980. The highest BCUT2D eigenvalue weighted by atomic mass is 35.5. The molecule has 2 heterocycles. The number of fused-ring (bicyclic) bond motifs is 1. The van der Waals surface area contributed by atoms with E-state index in [4.69, 9.17) is 16.0 Å². The van der Waals surface area contributed by atoms with Gasteiger partial charge in [0.1, 0.15) is 10.7 Å². The molecule has 0 amide bonds. The maximum Gasteiger partial charge on any atom is 0.202 e. The first-order valence-electron chi connectivity index (χ1n) is 6.26. The molecule has 0 aliphatic carbocycles. The molecule has 0 saturated heterocycles. The fourth-order valence-corrected chi connectivity index (χ4v) is 2.48. The minimum absolute atomic E-state index is 0.0980. The number of carbonyl (C=O) groups excluding carboxylic acids is 1. The summed E-state index contributed by atoms with van der Waals surface area (Å²) in [5, 5.41) is 5.62. The third-order valence-corrected chi connectivity index (χ3v) is 3.78. The van der Waals surface area contributed by atoms with Crippen molar-refractivity contribution in [3.63, 3.8) is 0 Å². The highest BCUT2D eigenvalue weighted by Gasteiger charge is 2.18. The molecule has 1 aromatic carbocycles. The Morgan fingerprint density at radius 3 is 2.80 bits per heavy atom. The highest BCUT2D eigenvalue weighted by Crippen LogP contribution is 2.23. The van der Waals surface area contributed by atoms with E-state index in [9.17, 15) is 4.79 Å². The Bertz CT molecular complexity index is 768. The number of carbonyl (C=O) groups is 1. The third-order valence-electron chi connectivity index (χ3n) is 3.31. The molecule has 3 rings (SSSR count). The van der Waals surface area contributed by atoms with Gasteiger partial charge in [-0.15, -0.1) is 0 Å². The van der Waals surface area contributed by atoms with Gasteiger partial charge >= 0.3 is 0 Å². The van der Waals surface area contributed by atoms with E-state index in [0.717, 1.165) is 16.6 Å². The van der Waals surface area contributed by atoms with Crippen LogP contribution < -0.4 is 0 Å². The largest absolute Gasteiger partial charge is 0.453 e. The lowest BCUT2D eigenvalue weighted by Gasteiger charge is -1.98. The van der Waals surface area contributed by atoms with Crippen LogP contribution in [0.25, 0.3) is 11.0 Å². The Hall–Kier alpha value is -2.07. The summed E-state index contributed by atoms with van der Waals surface area (Å²) < 4.78 is 7.14. The van der Waals surface area contributed by atoms with Crippen LogP contribution in [-0.2, 0) is 13.5 Å². The molecular weight excluding hydrogens is 276 g/mol. The summed E-state index contributed by atoms with van der Waals surface area (Å²) >= 11 is 6.14. The van der Waals surface area contributed by atoms with Crippen LogP contribution in [0.3, 0.4) is 0 Å². The van der Waals surface area contributed by atoms with Gasteiger partial charge < -0.3 is 4.42 Å². The van der Waals surface area contributed by atoms with Gasteiger partial charge in [-0.25, -0.2) is 0 Å². The monoisotopic (exact) mass is 288 g/mol.